The molecule has 7 nitrogen and oxygen atoms in total. The van der Waals surface area contributed by atoms with E-state index in [-0.39, 0.29) is 18.0 Å². The number of amides is 1. The van der Waals surface area contributed by atoms with Crippen LogP contribution in [-0.4, -0.2) is 33.9 Å². The van der Waals surface area contributed by atoms with Crippen LogP contribution in [0.25, 0.3) is 0 Å². The van der Waals surface area contributed by atoms with Crippen molar-refractivity contribution in [1.29, 1.82) is 0 Å². The number of aromatic nitrogens is 3. The zero-order valence-electron chi connectivity index (χ0n) is 12.1. The molecule has 0 fully saturated rings. The number of nitrogens with one attached hydrogen (secondary N) is 1. The topological polar surface area (TPSA) is 78.2 Å². The van der Waals surface area contributed by atoms with Gasteiger partial charge in [0.05, 0.1) is 7.11 Å². The Hall–Kier alpha value is -2.57. The molecule has 2 aromatic rings. The van der Waals surface area contributed by atoms with Gasteiger partial charge < -0.3 is 14.6 Å². The highest BCUT2D eigenvalue weighted by atomic mass is 16.5. The zero-order chi connectivity index (χ0) is 15.2. The van der Waals surface area contributed by atoms with Gasteiger partial charge in [0.1, 0.15) is 12.3 Å². The van der Waals surface area contributed by atoms with E-state index < -0.39 is 0 Å². The van der Waals surface area contributed by atoms with E-state index in [4.69, 9.17) is 4.74 Å². The second-order valence-electron chi connectivity index (χ2n) is 4.58. The third kappa shape index (κ3) is 3.95. The molecule has 0 bridgehead atoms. The van der Waals surface area contributed by atoms with Crippen LogP contribution >= 0.6 is 0 Å². The molecule has 1 amide bonds. The zero-order valence-corrected chi connectivity index (χ0v) is 12.1. The summed E-state index contributed by atoms with van der Waals surface area (Å²) in [5, 5.41) is 6.72. The van der Waals surface area contributed by atoms with E-state index in [1.807, 2.05) is 6.92 Å². The maximum absolute atomic E-state index is 11.9. The van der Waals surface area contributed by atoms with Gasteiger partial charge in [0.25, 0.3) is 5.56 Å². The van der Waals surface area contributed by atoms with Crippen LogP contribution < -0.4 is 15.6 Å². The molecule has 0 spiro atoms. The van der Waals surface area contributed by atoms with Crippen molar-refractivity contribution in [3.8, 4) is 5.75 Å². The Morgan fingerprint density at radius 1 is 1.43 bits per heavy atom. The van der Waals surface area contributed by atoms with Crippen molar-refractivity contribution in [3.05, 3.63) is 46.6 Å². The summed E-state index contributed by atoms with van der Waals surface area (Å²) in [6.07, 6.45) is 3.34. The molecule has 112 valence electrons. The SMILES string of the molecule is COc1cc(C)n(CCNC(=O)Cn2cccn2)c(=O)c1. The molecule has 0 aliphatic heterocycles. The number of methoxy groups -OCH3 is 1. The molecule has 0 aromatic carbocycles. The first-order chi connectivity index (χ1) is 10.1. The highest BCUT2D eigenvalue weighted by Crippen LogP contribution is 2.08. The minimum atomic E-state index is -0.145. The number of aryl methyl sites for hydroxylation is 1. The molecule has 0 saturated carbocycles. The number of rotatable bonds is 6. The number of carbonyl (C=O) groups excluding carboxylic acids is 1. The van der Waals surface area contributed by atoms with Crippen molar-refractivity contribution in [2.75, 3.05) is 13.7 Å². The Balaban J connectivity index is 1.89. The summed E-state index contributed by atoms with van der Waals surface area (Å²) in [6, 6.07) is 4.97. The van der Waals surface area contributed by atoms with Crippen LogP contribution in [0.4, 0.5) is 0 Å². The van der Waals surface area contributed by atoms with E-state index in [0.717, 1.165) is 5.69 Å². The normalized spacial score (nSPS) is 10.4. The molecule has 21 heavy (non-hydrogen) atoms. The predicted octanol–water partition coefficient (Wildman–Crippen LogP) is 0.178. The van der Waals surface area contributed by atoms with E-state index in [9.17, 15) is 9.59 Å². The fourth-order valence-electron chi connectivity index (χ4n) is 2.01. The fraction of sp³-hybridized carbons (Fsp3) is 0.357. The van der Waals surface area contributed by atoms with Gasteiger partial charge in [-0.1, -0.05) is 0 Å². The lowest BCUT2D eigenvalue weighted by Crippen LogP contribution is -2.33. The van der Waals surface area contributed by atoms with Gasteiger partial charge in [-0.15, -0.1) is 0 Å². The predicted molar refractivity (Wildman–Crippen MR) is 77.2 cm³/mol. The average Bonchev–Trinajstić information content (AvgIpc) is 2.94. The summed E-state index contributed by atoms with van der Waals surface area (Å²) in [6.45, 7) is 2.80. The van der Waals surface area contributed by atoms with Crippen LogP contribution in [0.1, 0.15) is 5.69 Å². The first-order valence-corrected chi connectivity index (χ1v) is 6.60. The highest BCUT2D eigenvalue weighted by Gasteiger charge is 2.05. The van der Waals surface area contributed by atoms with E-state index in [2.05, 4.69) is 10.4 Å². The summed E-state index contributed by atoms with van der Waals surface area (Å²) >= 11 is 0. The Labute approximate surface area is 122 Å². The quantitative estimate of drug-likeness (QED) is 0.823. The van der Waals surface area contributed by atoms with Crippen LogP contribution in [0.3, 0.4) is 0 Å². The van der Waals surface area contributed by atoms with Crippen LogP contribution in [0, 0.1) is 6.92 Å². The number of carbonyl (C=O) groups is 1. The summed E-state index contributed by atoms with van der Waals surface area (Å²) < 4.78 is 8.18. The standard InChI is InChI=1S/C14H18N4O3/c1-11-8-12(21-2)9-14(20)18(11)7-5-15-13(19)10-17-6-3-4-16-17/h3-4,6,8-9H,5,7,10H2,1-2H3,(H,15,19). The second kappa shape index (κ2) is 6.74. The Bertz CT molecular complexity index is 661. The van der Waals surface area contributed by atoms with Crippen molar-refractivity contribution in [1.82, 2.24) is 19.7 Å². The lowest BCUT2D eigenvalue weighted by molar-refractivity contribution is -0.121. The molecule has 0 unspecified atom stereocenters. The summed E-state index contributed by atoms with van der Waals surface area (Å²) in [5.41, 5.74) is 0.647. The lowest BCUT2D eigenvalue weighted by Gasteiger charge is -2.12. The monoisotopic (exact) mass is 290 g/mol. The van der Waals surface area contributed by atoms with Gasteiger partial charge in [-0.05, 0) is 19.1 Å². The van der Waals surface area contributed by atoms with Crippen molar-refractivity contribution >= 4 is 5.91 Å². The Morgan fingerprint density at radius 2 is 2.24 bits per heavy atom. The molecule has 2 aromatic heterocycles. The van der Waals surface area contributed by atoms with Crippen molar-refractivity contribution in [3.63, 3.8) is 0 Å². The van der Waals surface area contributed by atoms with Crippen LogP contribution in [0.2, 0.25) is 0 Å². The van der Waals surface area contributed by atoms with Crippen molar-refractivity contribution in [2.45, 2.75) is 20.0 Å². The molecule has 0 atom stereocenters. The van der Waals surface area contributed by atoms with Crippen molar-refractivity contribution < 1.29 is 9.53 Å². The third-order valence-corrected chi connectivity index (χ3v) is 3.07. The first kappa shape index (κ1) is 14.8. The minimum Gasteiger partial charge on any atom is -0.496 e. The second-order valence-corrected chi connectivity index (χ2v) is 4.58. The van der Waals surface area contributed by atoms with E-state index >= 15 is 0 Å². The molecule has 0 radical (unpaired) electrons. The Kier molecular flexibility index (Phi) is 4.76. The van der Waals surface area contributed by atoms with Crippen LogP contribution in [0.15, 0.2) is 35.4 Å². The number of hydrogen-bond donors (Lipinski definition) is 1. The fourth-order valence-corrected chi connectivity index (χ4v) is 2.01. The summed E-state index contributed by atoms with van der Waals surface area (Å²) in [7, 11) is 1.52. The van der Waals surface area contributed by atoms with Gasteiger partial charge in [-0.25, -0.2) is 0 Å². The van der Waals surface area contributed by atoms with Gasteiger partial charge in [-0.2, -0.15) is 5.10 Å². The number of hydrogen-bond acceptors (Lipinski definition) is 4. The molecule has 0 aliphatic carbocycles. The summed E-state index contributed by atoms with van der Waals surface area (Å²) in [5.74, 6) is 0.398. The number of nitrogens with zero attached hydrogens (tertiary/aromatic N) is 3. The molecule has 0 aliphatic rings. The maximum Gasteiger partial charge on any atom is 0.254 e. The minimum absolute atomic E-state index is 0.141. The van der Waals surface area contributed by atoms with Gasteiger partial charge in [0.15, 0.2) is 0 Å². The van der Waals surface area contributed by atoms with Gasteiger partial charge >= 0.3 is 0 Å². The molecule has 0 saturated heterocycles. The molecule has 1 N–H and O–H groups in total. The van der Waals surface area contributed by atoms with Gasteiger partial charge in [-0.3, -0.25) is 14.3 Å². The molecular weight excluding hydrogens is 272 g/mol. The number of pyridine rings is 1. The van der Waals surface area contributed by atoms with E-state index in [1.165, 1.54) is 13.2 Å². The first-order valence-electron chi connectivity index (χ1n) is 6.60. The van der Waals surface area contributed by atoms with Crippen LogP contribution in [-0.2, 0) is 17.9 Å². The van der Waals surface area contributed by atoms with Crippen LogP contribution in [0.5, 0.6) is 5.75 Å². The molecule has 7 heteroatoms. The van der Waals surface area contributed by atoms with Gasteiger partial charge in [0, 0.05) is 37.2 Å². The lowest BCUT2D eigenvalue weighted by atomic mass is 10.3. The van der Waals surface area contributed by atoms with Crippen molar-refractivity contribution in [2.24, 2.45) is 0 Å². The Morgan fingerprint density at radius 3 is 2.86 bits per heavy atom. The average molecular weight is 290 g/mol. The van der Waals surface area contributed by atoms with E-state index in [0.29, 0.717) is 18.8 Å². The molecule has 2 heterocycles. The summed E-state index contributed by atoms with van der Waals surface area (Å²) in [4.78, 5) is 23.6. The third-order valence-electron chi connectivity index (χ3n) is 3.07. The molecular formula is C14H18N4O3. The molecule has 2 rings (SSSR count). The smallest absolute Gasteiger partial charge is 0.254 e. The number of ether oxygens (including phenoxy) is 1. The van der Waals surface area contributed by atoms with Gasteiger partial charge in [0.2, 0.25) is 5.91 Å². The van der Waals surface area contributed by atoms with E-state index in [1.54, 1.807) is 33.8 Å². The maximum atomic E-state index is 11.9. The highest BCUT2D eigenvalue weighted by molar-refractivity contribution is 5.75. The largest absolute Gasteiger partial charge is 0.496 e.